The minimum atomic E-state index is -6.11. The predicted molar refractivity (Wildman–Crippen MR) is 39.1 cm³/mol. The Morgan fingerprint density at radius 1 is 0.938 bits per heavy atom. The highest BCUT2D eigenvalue weighted by molar-refractivity contribution is 5.95. The number of rotatable bonds is 1. The lowest BCUT2D eigenvalue weighted by atomic mass is 9.98. The molecule has 0 fully saturated rings. The van der Waals surface area contributed by atoms with Gasteiger partial charge in [0.25, 0.3) is 0 Å². The van der Waals surface area contributed by atoms with Gasteiger partial charge in [0.2, 0.25) is 0 Å². The lowest BCUT2D eigenvalue weighted by Crippen LogP contribution is -2.60. The summed E-state index contributed by atoms with van der Waals surface area (Å²) in [6.07, 6.45) is -12.2. The molecular formula is C7H6F7NO. The maximum Gasteiger partial charge on any atom is 0.437 e. The number of aliphatic imine (C=N–C) groups is 1. The molecule has 0 saturated heterocycles. The van der Waals surface area contributed by atoms with Crippen molar-refractivity contribution in [3.05, 3.63) is 0 Å². The van der Waals surface area contributed by atoms with Gasteiger partial charge in [0, 0.05) is 0 Å². The first-order chi connectivity index (χ1) is 7.11. The monoisotopic (exact) mass is 253 g/mol. The van der Waals surface area contributed by atoms with Crippen molar-refractivity contribution in [3.8, 4) is 0 Å². The van der Waals surface area contributed by atoms with Gasteiger partial charge in [-0.2, -0.15) is 26.3 Å². The van der Waals surface area contributed by atoms with Crippen LogP contribution in [0.3, 0.4) is 0 Å². The van der Waals surface area contributed by atoms with Gasteiger partial charge in [0.1, 0.15) is 0 Å². The molecule has 1 aliphatic heterocycles. The fraction of sp³-hybridized carbons (Fsp3) is 0.857. The summed E-state index contributed by atoms with van der Waals surface area (Å²) < 4.78 is 90.5. The van der Waals surface area contributed by atoms with E-state index in [1.165, 1.54) is 0 Å². The molecule has 0 unspecified atom stereocenters. The molecule has 0 aromatic heterocycles. The molecular weight excluding hydrogens is 247 g/mol. The molecule has 94 valence electrons. The van der Waals surface area contributed by atoms with E-state index in [1.807, 2.05) is 0 Å². The first-order valence-corrected chi connectivity index (χ1v) is 4.04. The molecule has 9 heteroatoms. The lowest BCUT2D eigenvalue weighted by molar-refractivity contribution is -0.314. The van der Waals surface area contributed by atoms with Gasteiger partial charge in [0.05, 0.1) is 25.5 Å². The quantitative estimate of drug-likeness (QED) is 0.657. The molecule has 0 N–H and O–H groups in total. The van der Waals surface area contributed by atoms with Gasteiger partial charge in [-0.3, -0.25) is 4.99 Å². The van der Waals surface area contributed by atoms with Crippen LogP contribution in [0, 0.1) is 0 Å². The van der Waals surface area contributed by atoms with E-state index in [9.17, 15) is 30.7 Å². The molecule has 0 aromatic rings. The van der Waals surface area contributed by atoms with Crippen molar-refractivity contribution in [3.63, 3.8) is 0 Å². The van der Waals surface area contributed by atoms with Gasteiger partial charge in [0.15, 0.2) is 0 Å². The zero-order valence-electron chi connectivity index (χ0n) is 7.62. The number of hydrogen-bond donors (Lipinski definition) is 0. The third-order valence-electron chi connectivity index (χ3n) is 1.96. The Labute approximate surface area is 85.1 Å². The second kappa shape index (κ2) is 3.86. The Hall–Kier alpha value is -0.860. The van der Waals surface area contributed by atoms with Crippen molar-refractivity contribution >= 4 is 5.71 Å². The van der Waals surface area contributed by atoms with Crippen LogP contribution in [-0.2, 0) is 4.74 Å². The van der Waals surface area contributed by atoms with Gasteiger partial charge in [-0.1, -0.05) is 0 Å². The van der Waals surface area contributed by atoms with E-state index in [2.05, 4.69) is 9.73 Å². The van der Waals surface area contributed by atoms with Gasteiger partial charge < -0.3 is 4.74 Å². The van der Waals surface area contributed by atoms with E-state index in [4.69, 9.17) is 0 Å². The second-order valence-corrected chi connectivity index (χ2v) is 3.03. The van der Waals surface area contributed by atoms with Gasteiger partial charge in [-0.15, -0.1) is 0 Å². The first kappa shape index (κ1) is 13.2. The van der Waals surface area contributed by atoms with E-state index in [0.717, 1.165) is 0 Å². The van der Waals surface area contributed by atoms with Gasteiger partial charge in [-0.05, 0) is 0 Å². The van der Waals surface area contributed by atoms with Crippen LogP contribution < -0.4 is 0 Å². The number of nitrogens with zero attached hydrogens (tertiary/aromatic N) is 1. The van der Waals surface area contributed by atoms with Crippen LogP contribution in [0.5, 0.6) is 0 Å². The van der Waals surface area contributed by atoms with Crippen LogP contribution in [0.15, 0.2) is 4.99 Å². The van der Waals surface area contributed by atoms with E-state index in [-0.39, 0.29) is 6.61 Å². The van der Waals surface area contributed by atoms with Crippen molar-refractivity contribution in [2.45, 2.75) is 18.0 Å². The Balaban J connectivity index is 3.20. The van der Waals surface area contributed by atoms with Crippen molar-refractivity contribution in [2.24, 2.45) is 4.99 Å². The average Bonchev–Trinajstić information content (AvgIpc) is 2.14. The molecule has 0 spiro atoms. The van der Waals surface area contributed by atoms with Crippen molar-refractivity contribution in [1.82, 2.24) is 0 Å². The van der Waals surface area contributed by atoms with Gasteiger partial charge in [-0.25, -0.2) is 4.39 Å². The maximum atomic E-state index is 13.2. The summed E-state index contributed by atoms with van der Waals surface area (Å²) in [6, 6.07) is 0. The van der Waals surface area contributed by atoms with Crippen LogP contribution in [0.2, 0.25) is 0 Å². The Kier molecular flexibility index (Phi) is 3.19. The first-order valence-electron chi connectivity index (χ1n) is 4.04. The molecule has 1 heterocycles. The minimum absolute atomic E-state index is 0.130. The normalized spacial score (nSPS) is 19.6. The van der Waals surface area contributed by atoms with Crippen molar-refractivity contribution in [1.29, 1.82) is 0 Å². The van der Waals surface area contributed by atoms with Crippen LogP contribution >= 0.6 is 0 Å². The SMILES string of the molecule is FC(F)(F)C(F)(C1=NCCOC1)C(F)(F)F. The smallest absolute Gasteiger partial charge is 0.373 e. The minimum Gasteiger partial charge on any atom is -0.373 e. The van der Waals surface area contributed by atoms with Crippen LogP contribution in [0.4, 0.5) is 30.7 Å². The average molecular weight is 253 g/mol. The van der Waals surface area contributed by atoms with E-state index < -0.39 is 36.9 Å². The summed E-state index contributed by atoms with van der Waals surface area (Å²) in [5, 5.41) is 0. The fourth-order valence-electron chi connectivity index (χ4n) is 1.16. The molecule has 1 rings (SSSR count). The molecule has 0 aromatic carbocycles. The van der Waals surface area contributed by atoms with Crippen LogP contribution in [0.25, 0.3) is 0 Å². The number of halogens is 7. The summed E-state index contributed by atoms with van der Waals surface area (Å²) in [5.41, 5.74) is -7.11. The maximum absolute atomic E-state index is 13.2. The van der Waals surface area contributed by atoms with Gasteiger partial charge >= 0.3 is 18.0 Å². The van der Waals surface area contributed by atoms with Crippen molar-refractivity contribution < 1.29 is 35.5 Å². The number of hydrogen-bond acceptors (Lipinski definition) is 2. The third kappa shape index (κ3) is 2.00. The summed E-state index contributed by atoms with van der Waals surface area (Å²) in [4.78, 5) is 2.91. The van der Waals surface area contributed by atoms with Crippen LogP contribution in [-0.4, -0.2) is 43.5 Å². The highest BCUT2D eigenvalue weighted by Gasteiger charge is 2.75. The molecule has 1 aliphatic rings. The molecule has 2 nitrogen and oxygen atoms in total. The zero-order chi connectivity index (χ0) is 12.6. The van der Waals surface area contributed by atoms with E-state index >= 15 is 0 Å². The zero-order valence-corrected chi connectivity index (χ0v) is 7.62. The molecule has 0 atom stereocenters. The molecule has 0 amide bonds. The molecule has 16 heavy (non-hydrogen) atoms. The second-order valence-electron chi connectivity index (χ2n) is 3.03. The van der Waals surface area contributed by atoms with E-state index in [1.54, 1.807) is 0 Å². The van der Waals surface area contributed by atoms with Crippen molar-refractivity contribution in [2.75, 3.05) is 19.8 Å². The Morgan fingerprint density at radius 2 is 1.44 bits per heavy atom. The predicted octanol–water partition coefficient (Wildman–Crippen LogP) is 2.29. The molecule has 0 aliphatic carbocycles. The number of ether oxygens (including phenoxy) is 1. The Bertz CT molecular complexity index is 278. The topological polar surface area (TPSA) is 21.6 Å². The molecule has 0 bridgehead atoms. The summed E-state index contributed by atoms with van der Waals surface area (Å²) >= 11 is 0. The third-order valence-corrected chi connectivity index (χ3v) is 1.96. The summed E-state index contributed by atoms with van der Waals surface area (Å²) in [6.45, 7) is -1.67. The molecule has 0 saturated carbocycles. The highest BCUT2D eigenvalue weighted by atomic mass is 19.4. The largest absolute Gasteiger partial charge is 0.437 e. The number of alkyl halides is 7. The fourth-order valence-corrected chi connectivity index (χ4v) is 1.16. The van der Waals surface area contributed by atoms with Crippen LogP contribution in [0.1, 0.15) is 0 Å². The Morgan fingerprint density at radius 3 is 1.75 bits per heavy atom. The highest BCUT2D eigenvalue weighted by Crippen LogP contribution is 2.47. The summed E-state index contributed by atoms with van der Waals surface area (Å²) in [5.74, 6) is 0. The standard InChI is InChI=1S/C7H6F7NO/c8-5(6(9,10)11,7(12,13)14)4-3-16-2-1-15-4/h1-3H2. The lowest BCUT2D eigenvalue weighted by Gasteiger charge is -2.32. The summed E-state index contributed by atoms with van der Waals surface area (Å²) in [7, 11) is 0. The molecule has 0 radical (unpaired) electrons. The van der Waals surface area contributed by atoms with E-state index in [0.29, 0.717) is 0 Å².